The Hall–Kier alpha value is -1.07. The van der Waals surface area contributed by atoms with Crippen LogP contribution in [0.3, 0.4) is 0 Å². The summed E-state index contributed by atoms with van der Waals surface area (Å²) in [7, 11) is 4.93. The van der Waals surface area contributed by atoms with E-state index in [1.165, 1.54) is 0 Å². The Bertz CT molecular complexity index is 336. The lowest BCUT2D eigenvalue weighted by molar-refractivity contribution is -0.0432. The molecule has 92 valence electrons. The van der Waals surface area contributed by atoms with E-state index in [2.05, 4.69) is 5.10 Å². The molecule has 1 aromatic rings. The average molecular weight is 228 g/mol. The minimum atomic E-state index is -0.743. The van der Waals surface area contributed by atoms with E-state index >= 15 is 0 Å². The molecule has 0 fully saturated rings. The number of aliphatic hydroxyl groups is 1. The number of methoxy groups -OCH3 is 2. The zero-order chi connectivity index (χ0) is 12.3. The van der Waals surface area contributed by atoms with Crippen LogP contribution in [0.25, 0.3) is 0 Å². The van der Waals surface area contributed by atoms with Gasteiger partial charge in [-0.2, -0.15) is 5.10 Å². The summed E-state index contributed by atoms with van der Waals surface area (Å²) in [5.41, 5.74) is 0.642. The first-order valence-electron chi connectivity index (χ1n) is 5.29. The number of hydrogen-bond acceptors (Lipinski definition) is 4. The van der Waals surface area contributed by atoms with Crippen LogP contribution in [0.15, 0.2) is 6.20 Å². The van der Waals surface area contributed by atoms with Crippen molar-refractivity contribution >= 4 is 0 Å². The molecule has 5 heteroatoms. The predicted molar refractivity (Wildman–Crippen MR) is 60.4 cm³/mol. The first kappa shape index (κ1) is 13.0. The summed E-state index contributed by atoms with van der Waals surface area (Å²) < 4.78 is 12.1. The van der Waals surface area contributed by atoms with Crippen LogP contribution in [0.5, 0.6) is 5.75 Å². The molecule has 0 amide bonds. The van der Waals surface area contributed by atoms with Gasteiger partial charge in [0.1, 0.15) is 11.8 Å². The van der Waals surface area contributed by atoms with Gasteiger partial charge in [-0.15, -0.1) is 0 Å². The third-order valence-electron chi connectivity index (χ3n) is 2.69. The topological polar surface area (TPSA) is 56.5 Å². The number of aromatic nitrogens is 2. The molecule has 1 rings (SSSR count). The van der Waals surface area contributed by atoms with Crippen molar-refractivity contribution in [3.05, 3.63) is 11.9 Å². The van der Waals surface area contributed by atoms with E-state index in [4.69, 9.17) is 9.47 Å². The maximum absolute atomic E-state index is 10.3. The normalized spacial score (nSPS) is 15.2. The zero-order valence-electron chi connectivity index (χ0n) is 10.5. The van der Waals surface area contributed by atoms with E-state index in [-0.39, 0.29) is 12.0 Å². The van der Waals surface area contributed by atoms with Gasteiger partial charge < -0.3 is 14.6 Å². The molecule has 0 aliphatic heterocycles. The summed E-state index contributed by atoms with van der Waals surface area (Å²) in [6.07, 6.45) is 0.572. The lowest BCUT2D eigenvalue weighted by Crippen LogP contribution is -2.28. The number of hydrogen-bond donors (Lipinski definition) is 1. The Balaban J connectivity index is 3.02. The summed E-state index contributed by atoms with van der Waals surface area (Å²) in [6.45, 7) is 4.00. The largest absolute Gasteiger partial charge is 0.493 e. The number of nitrogens with zero attached hydrogens (tertiary/aromatic N) is 2. The molecule has 0 saturated heterocycles. The molecule has 1 N–H and O–H groups in total. The fraction of sp³-hybridized carbons (Fsp3) is 0.727. The van der Waals surface area contributed by atoms with Crippen molar-refractivity contribution in [2.45, 2.75) is 26.1 Å². The first-order valence-corrected chi connectivity index (χ1v) is 5.29. The van der Waals surface area contributed by atoms with E-state index in [9.17, 15) is 5.11 Å². The number of aryl methyl sites for hydroxylation is 1. The van der Waals surface area contributed by atoms with Gasteiger partial charge in [0.2, 0.25) is 0 Å². The molecule has 2 unspecified atom stereocenters. The highest BCUT2D eigenvalue weighted by Crippen LogP contribution is 2.30. The van der Waals surface area contributed by atoms with Crippen LogP contribution in [0, 0.1) is 5.92 Å². The SMILES string of the molecule is COc1cnn(C)c1C(O)C(OC)C(C)C. The van der Waals surface area contributed by atoms with Crippen molar-refractivity contribution in [3.8, 4) is 5.75 Å². The van der Waals surface area contributed by atoms with Gasteiger partial charge in [-0.3, -0.25) is 4.68 Å². The van der Waals surface area contributed by atoms with Crippen LogP contribution >= 0.6 is 0 Å². The second-order valence-corrected chi connectivity index (χ2v) is 4.11. The summed E-state index contributed by atoms with van der Waals surface area (Å²) in [5.74, 6) is 0.789. The van der Waals surface area contributed by atoms with Crippen molar-refractivity contribution in [1.29, 1.82) is 0 Å². The van der Waals surface area contributed by atoms with Gasteiger partial charge in [0.25, 0.3) is 0 Å². The molecular formula is C11H20N2O3. The molecule has 0 radical (unpaired) electrons. The van der Waals surface area contributed by atoms with Crippen LogP contribution in [-0.2, 0) is 11.8 Å². The maximum atomic E-state index is 10.3. The molecule has 0 spiro atoms. The van der Waals surface area contributed by atoms with Gasteiger partial charge in [-0.1, -0.05) is 13.8 Å². The van der Waals surface area contributed by atoms with E-state index in [1.54, 1.807) is 32.1 Å². The Kier molecular flexibility index (Phi) is 4.32. The van der Waals surface area contributed by atoms with Crippen LogP contribution in [0.1, 0.15) is 25.6 Å². The summed E-state index contributed by atoms with van der Waals surface area (Å²) in [4.78, 5) is 0. The van der Waals surface area contributed by atoms with Gasteiger partial charge in [-0.25, -0.2) is 0 Å². The molecule has 0 saturated carbocycles. The van der Waals surface area contributed by atoms with Gasteiger partial charge >= 0.3 is 0 Å². The van der Waals surface area contributed by atoms with Crippen LogP contribution < -0.4 is 4.74 Å². The van der Waals surface area contributed by atoms with Crippen LogP contribution in [-0.4, -0.2) is 35.2 Å². The fourth-order valence-corrected chi connectivity index (χ4v) is 1.84. The van der Waals surface area contributed by atoms with Gasteiger partial charge in [-0.05, 0) is 5.92 Å². The fourth-order valence-electron chi connectivity index (χ4n) is 1.84. The van der Waals surface area contributed by atoms with Crippen molar-refractivity contribution < 1.29 is 14.6 Å². The van der Waals surface area contributed by atoms with Crippen molar-refractivity contribution in [2.24, 2.45) is 13.0 Å². The van der Waals surface area contributed by atoms with Gasteiger partial charge in [0, 0.05) is 14.2 Å². The molecule has 2 atom stereocenters. The summed E-state index contributed by atoms with van der Waals surface area (Å²) in [5, 5.41) is 14.3. The predicted octanol–water partition coefficient (Wildman–Crippen LogP) is 1.13. The zero-order valence-corrected chi connectivity index (χ0v) is 10.5. The Morgan fingerprint density at radius 3 is 2.44 bits per heavy atom. The van der Waals surface area contributed by atoms with Crippen LogP contribution in [0.2, 0.25) is 0 Å². The summed E-state index contributed by atoms with van der Waals surface area (Å²) >= 11 is 0. The summed E-state index contributed by atoms with van der Waals surface area (Å²) in [6, 6.07) is 0. The molecule has 1 heterocycles. The molecule has 1 aromatic heterocycles. The lowest BCUT2D eigenvalue weighted by atomic mass is 9.99. The Morgan fingerprint density at radius 1 is 1.38 bits per heavy atom. The Morgan fingerprint density at radius 2 is 2.00 bits per heavy atom. The van der Waals surface area contributed by atoms with Crippen molar-refractivity contribution in [2.75, 3.05) is 14.2 Å². The smallest absolute Gasteiger partial charge is 0.162 e. The third kappa shape index (κ3) is 2.36. The van der Waals surface area contributed by atoms with Crippen molar-refractivity contribution in [1.82, 2.24) is 9.78 Å². The quantitative estimate of drug-likeness (QED) is 0.821. The number of aliphatic hydroxyl groups excluding tert-OH is 1. The van der Waals surface area contributed by atoms with E-state index in [1.807, 2.05) is 13.8 Å². The minimum absolute atomic E-state index is 0.208. The highest BCUT2D eigenvalue weighted by Gasteiger charge is 2.29. The second-order valence-electron chi connectivity index (χ2n) is 4.11. The van der Waals surface area contributed by atoms with Gasteiger partial charge in [0.05, 0.1) is 19.4 Å². The van der Waals surface area contributed by atoms with Gasteiger partial charge in [0.15, 0.2) is 5.75 Å². The first-order chi connectivity index (χ1) is 7.52. The molecule has 0 aliphatic carbocycles. The monoisotopic (exact) mass is 228 g/mol. The van der Waals surface area contributed by atoms with E-state index in [0.717, 1.165) is 0 Å². The molecule has 5 nitrogen and oxygen atoms in total. The Labute approximate surface area is 96.0 Å². The lowest BCUT2D eigenvalue weighted by Gasteiger charge is -2.25. The van der Waals surface area contributed by atoms with Crippen molar-refractivity contribution in [3.63, 3.8) is 0 Å². The van der Waals surface area contributed by atoms with E-state index < -0.39 is 6.10 Å². The molecule has 16 heavy (non-hydrogen) atoms. The standard InChI is InChI=1S/C11H20N2O3/c1-7(2)11(16-5)10(14)9-8(15-4)6-12-13(9)3/h6-7,10-11,14H,1-5H3. The second kappa shape index (κ2) is 5.32. The molecule has 0 bridgehead atoms. The molecule has 0 aliphatic rings. The highest BCUT2D eigenvalue weighted by molar-refractivity contribution is 5.27. The number of ether oxygens (including phenoxy) is 2. The number of rotatable bonds is 5. The maximum Gasteiger partial charge on any atom is 0.162 e. The van der Waals surface area contributed by atoms with Crippen LogP contribution in [0.4, 0.5) is 0 Å². The van der Waals surface area contributed by atoms with E-state index in [0.29, 0.717) is 11.4 Å². The minimum Gasteiger partial charge on any atom is -0.493 e. The highest BCUT2D eigenvalue weighted by atomic mass is 16.5. The molecular weight excluding hydrogens is 208 g/mol. The molecule has 0 aromatic carbocycles. The third-order valence-corrected chi connectivity index (χ3v) is 2.69. The average Bonchev–Trinajstić information content (AvgIpc) is 2.59.